The van der Waals surface area contributed by atoms with Gasteiger partial charge in [-0.3, -0.25) is 13.9 Å². The average Bonchev–Trinajstić information content (AvgIpc) is 3.04. The first-order chi connectivity index (χ1) is 21.5. The standard InChI is InChI=1S/C34H34BrCl2N3O4S/c1-3-24(2)38-34(42)32(20-25-10-6-4-7-11-25)39(22-26-14-16-27(35)17-15-26)33(41)23-40(31-21-28(36)18-19-30(31)37)45(43,44)29-12-8-5-9-13-29/h4-19,21,24,32H,3,20,22-23H2,1-2H3,(H,38,42). The lowest BCUT2D eigenvalue weighted by Gasteiger charge is -2.34. The summed E-state index contributed by atoms with van der Waals surface area (Å²) in [7, 11) is -4.29. The van der Waals surface area contributed by atoms with Crippen LogP contribution < -0.4 is 9.62 Å². The molecule has 4 aromatic carbocycles. The van der Waals surface area contributed by atoms with Gasteiger partial charge in [-0.05, 0) is 66.9 Å². The van der Waals surface area contributed by atoms with Gasteiger partial charge in [0.1, 0.15) is 12.6 Å². The maximum Gasteiger partial charge on any atom is 0.264 e. The van der Waals surface area contributed by atoms with E-state index in [4.69, 9.17) is 23.2 Å². The lowest BCUT2D eigenvalue weighted by atomic mass is 10.0. The Morgan fingerprint density at radius 2 is 1.49 bits per heavy atom. The Morgan fingerprint density at radius 1 is 0.867 bits per heavy atom. The second-order valence-electron chi connectivity index (χ2n) is 10.6. The van der Waals surface area contributed by atoms with Crippen LogP contribution in [-0.2, 0) is 32.6 Å². The van der Waals surface area contributed by atoms with Gasteiger partial charge in [0.2, 0.25) is 11.8 Å². The van der Waals surface area contributed by atoms with E-state index in [9.17, 15) is 18.0 Å². The molecular weight excluding hydrogens is 697 g/mol. The van der Waals surface area contributed by atoms with Gasteiger partial charge in [-0.1, -0.05) is 107 Å². The molecule has 0 bridgehead atoms. The van der Waals surface area contributed by atoms with Gasteiger partial charge in [-0.15, -0.1) is 0 Å². The summed E-state index contributed by atoms with van der Waals surface area (Å²) < 4.78 is 30.0. The van der Waals surface area contributed by atoms with Gasteiger partial charge in [-0.2, -0.15) is 0 Å². The van der Waals surface area contributed by atoms with Crippen LogP contribution in [0, 0.1) is 0 Å². The molecule has 0 radical (unpaired) electrons. The first kappa shape index (κ1) is 34.5. The molecule has 4 aromatic rings. The van der Waals surface area contributed by atoms with E-state index in [0.29, 0.717) is 6.42 Å². The third kappa shape index (κ3) is 9.10. The van der Waals surface area contributed by atoms with E-state index in [0.717, 1.165) is 19.9 Å². The van der Waals surface area contributed by atoms with Crippen molar-refractivity contribution in [2.24, 2.45) is 0 Å². The molecule has 0 aromatic heterocycles. The molecule has 0 heterocycles. The number of sulfonamides is 1. The number of benzene rings is 4. The summed E-state index contributed by atoms with van der Waals surface area (Å²) in [5.41, 5.74) is 1.66. The summed E-state index contributed by atoms with van der Waals surface area (Å²) in [5, 5.41) is 3.37. The number of halogens is 3. The fraction of sp³-hybridized carbons (Fsp3) is 0.235. The number of nitrogens with zero attached hydrogens (tertiary/aromatic N) is 2. The minimum atomic E-state index is -4.29. The Balaban J connectivity index is 1.83. The van der Waals surface area contributed by atoms with Crippen molar-refractivity contribution in [1.29, 1.82) is 0 Å². The monoisotopic (exact) mass is 729 g/mol. The van der Waals surface area contributed by atoms with Crippen molar-refractivity contribution in [3.63, 3.8) is 0 Å². The molecule has 0 saturated carbocycles. The maximum absolute atomic E-state index is 14.5. The smallest absolute Gasteiger partial charge is 0.264 e. The van der Waals surface area contributed by atoms with Crippen LogP contribution in [-0.4, -0.2) is 43.8 Å². The average molecular weight is 732 g/mol. The Morgan fingerprint density at radius 3 is 2.11 bits per heavy atom. The molecule has 1 N–H and O–H groups in total. The van der Waals surface area contributed by atoms with Crippen molar-refractivity contribution in [2.75, 3.05) is 10.8 Å². The predicted octanol–water partition coefficient (Wildman–Crippen LogP) is 7.51. The van der Waals surface area contributed by atoms with Gasteiger partial charge in [-0.25, -0.2) is 8.42 Å². The van der Waals surface area contributed by atoms with Crippen molar-refractivity contribution in [3.05, 3.63) is 129 Å². The highest BCUT2D eigenvalue weighted by molar-refractivity contribution is 9.10. The second-order valence-corrected chi connectivity index (χ2v) is 14.2. The van der Waals surface area contributed by atoms with Crippen molar-refractivity contribution in [1.82, 2.24) is 10.2 Å². The van der Waals surface area contributed by atoms with Crippen LogP contribution in [0.25, 0.3) is 0 Å². The van der Waals surface area contributed by atoms with Gasteiger partial charge < -0.3 is 10.2 Å². The summed E-state index contributed by atoms with van der Waals surface area (Å²) in [5.74, 6) is -0.925. The topological polar surface area (TPSA) is 86.8 Å². The highest BCUT2D eigenvalue weighted by Crippen LogP contribution is 2.33. The van der Waals surface area contributed by atoms with Crippen molar-refractivity contribution in [3.8, 4) is 0 Å². The van der Waals surface area contributed by atoms with E-state index in [1.165, 1.54) is 35.2 Å². The summed E-state index contributed by atoms with van der Waals surface area (Å²) >= 11 is 16.3. The third-order valence-corrected chi connectivity index (χ3v) is 10.2. The lowest BCUT2D eigenvalue weighted by Crippen LogP contribution is -2.54. The molecule has 0 aliphatic heterocycles. The Labute approximate surface area is 283 Å². The molecule has 7 nitrogen and oxygen atoms in total. The number of hydrogen-bond acceptors (Lipinski definition) is 4. The minimum absolute atomic E-state index is 0.0244. The fourth-order valence-corrected chi connectivity index (χ4v) is 6.84. The van der Waals surface area contributed by atoms with E-state index in [1.807, 2.05) is 68.4 Å². The van der Waals surface area contributed by atoms with Crippen LogP contribution in [0.3, 0.4) is 0 Å². The highest BCUT2D eigenvalue weighted by Gasteiger charge is 2.35. The molecule has 2 unspecified atom stereocenters. The number of carbonyl (C=O) groups excluding carboxylic acids is 2. The van der Waals surface area contributed by atoms with Gasteiger partial charge in [0, 0.05) is 28.5 Å². The number of hydrogen-bond donors (Lipinski definition) is 1. The zero-order valence-electron chi connectivity index (χ0n) is 24.9. The second kappa shape index (κ2) is 15.8. The zero-order chi connectivity index (χ0) is 32.6. The molecule has 0 aliphatic rings. The molecule has 4 rings (SSSR count). The molecule has 0 aliphatic carbocycles. The number of amides is 2. The largest absolute Gasteiger partial charge is 0.352 e. The third-order valence-electron chi connectivity index (χ3n) is 7.33. The van der Waals surface area contributed by atoms with Gasteiger partial charge in [0.05, 0.1) is 15.6 Å². The minimum Gasteiger partial charge on any atom is -0.352 e. The first-order valence-corrected chi connectivity index (χ1v) is 17.4. The highest BCUT2D eigenvalue weighted by atomic mass is 79.9. The van der Waals surface area contributed by atoms with Gasteiger partial charge >= 0.3 is 0 Å². The van der Waals surface area contributed by atoms with Crippen molar-refractivity contribution in [2.45, 2.75) is 50.2 Å². The predicted molar refractivity (Wildman–Crippen MR) is 184 cm³/mol. The van der Waals surface area contributed by atoms with E-state index in [1.54, 1.807) is 18.2 Å². The number of nitrogens with one attached hydrogen (secondary N) is 1. The summed E-state index contributed by atoms with van der Waals surface area (Å²) in [6.07, 6.45) is 0.912. The first-order valence-electron chi connectivity index (χ1n) is 14.4. The molecule has 2 amide bonds. The molecular formula is C34H34BrCl2N3O4S. The Bertz CT molecular complexity index is 1710. The van der Waals surface area contributed by atoms with E-state index in [-0.39, 0.29) is 45.5 Å². The fourth-order valence-electron chi connectivity index (χ4n) is 4.69. The van der Waals surface area contributed by atoms with E-state index < -0.39 is 28.5 Å². The lowest BCUT2D eigenvalue weighted by molar-refractivity contribution is -0.140. The van der Waals surface area contributed by atoms with Crippen LogP contribution in [0.15, 0.2) is 112 Å². The summed E-state index contributed by atoms with van der Waals surface area (Å²) in [4.78, 5) is 29.8. The number of carbonyl (C=O) groups is 2. The van der Waals surface area contributed by atoms with Crippen molar-refractivity contribution >= 4 is 66.7 Å². The maximum atomic E-state index is 14.5. The quantitative estimate of drug-likeness (QED) is 0.154. The summed E-state index contributed by atoms with van der Waals surface area (Å²) in [6, 6.07) is 27.9. The zero-order valence-corrected chi connectivity index (χ0v) is 28.8. The van der Waals surface area contributed by atoms with Crippen LogP contribution in [0.1, 0.15) is 31.4 Å². The summed E-state index contributed by atoms with van der Waals surface area (Å²) in [6.45, 7) is 3.28. The van der Waals surface area contributed by atoms with E-state index in [2.05, 4.69) is 21.2 Å². The normalized spacial score (nSPS) is 12.6. The van der Waals surface area contributed by atoms with Crippen LogP contribution in [0.5, 0.6) is 0 Å². The van der Waals surface area contributed by atoms with Gasteiger partial charge in [0.25, 0.3) is 10.0 Å². The molecule has 236 valence electrons. The Hall–Kier alpha value is -3.37. The van der Waals surface area contributed by atoms with Crippen LogP contribution in [0.4, 0.5) is 5.69 Å². The van der Waals surface area contributed by atoms with Gasteiger partial charge in [0.15, 0.2) is 0 Å². The molecule has 0 saturated heterocycles. The molecule has 0 spiro atoms. The van der Waals surface area contributed by atoms with Crippen LogP contribution in [0.2, 0.25) is 10.0 Å². The molecule has 45 heavy (non-hydrogen) atoms. The molecule has 0 fully saturated rings. The molecule has 11 heteroatoms. The number of anilines is 1. The van der Waals surface area contributed by atoms with Crippen LogP contribution >= 0.6 is 39.1 Å². The Kier molecular flexibility index (Phi) is 12.1. The SMILES string of the molecule is CCC(C)NC(=O)C(Cc1ccccc1)N(Cc1ccc(Br)cc1)C(=O)CN(c1cc(Cl)ccc1Cl)S(=O)(=O)c1ccccc1. The molecule has 2 atom stereocenters. The van der Waals surface area contributed by atoms with Crippen molar-refractivity contribution < 1.29 is 18.0 Å². The van der Waals surface area contributed by atoms with E-state index >= 15 is 0 Å². The number of rotatable bonds is 13.